The zero-order valence-corrected chi connectivity index (χ0v) is 17.4. The molecule has 1 aromatic heterocycles. The summed E-state index contributed by atoms with van der Waals surface area (Å²) in [6.45, 7) is 4.38. The van der Waals surface area contributed by atoms with Crippen molar-refractivity contribution < 1.29 is 19.0 Å². The van der Waals surface area contributed by atoms with Crippen LogP contribution in [0.15, 0.2) is 47.6 Å². The van der Waals surface area contributed by atoms with Crippen LogP contribution in [0, 0.1) is 6.92 Å². The Morgan fingerprint density at radius 1 is 1.13 bits per heavy atom. The molecule has 1 heterocycles. The largest absolute Gasteiger partial charge is 0.494 e. The molecular weight excluding hydrogens is 384 g/mol. The number of hydrogen-bond acceptors (Lipinski definition) is 6. The van der Waals surface area contributed by atoms with Crippen molar-refractivity contribution in [3.05, 3.63) is 59.3 Å². The highest BCUT2D eigenvalue weighted by Crippen LogP contribution is 2.27. The Morgan fingerprint density at radius 2 is 1.87 bits per heavy atom. The van der Waals surface area contributed by atoms with Crippen LogP contribution in [0.2, 0.25) is 0 Å². The predicted molar refractivity (Wildman–Crippen MR) is 115 cm³/mol. The predicted octanol–water partition coefficient (Wildman–Crippen LogP) is 3.56. The summed E-state index contributed by atoms with van der Waals surface area (Å²) < 4.78 is 15.9. The van der Waals surface area contributed by atoms with Gasteiger partial charge in [-0.2, -0.15) is 10.2 Å². The van der Waals surface area contributed by atoms with Gasteiger partial charge < -0.3 is 14.2 Å². The number of rotatable bonds is 8. The number of amides is 1. The Balaban J connectivity index is 1.70. The fraction of sp³-hybridized carbons (Fsp3) is 0.227. The summed E-state index contributed by atoms with van der Waals surface area (Å²) in [5.74, 6) is 1.61. The van der Waals surface area contributed by atoms with Crippen LogP contribution in [0.4, 0.5) is 0 Å². The second-order valence-electron chi connectivity index (χ2n) is 6.34. The van der Waals surface area contributed by atoms with Gasteiger partial charge in [0.2, 0.25) is 0 Å². The second-order valence-corrected chi connectivity index (χ2v) is 6.34. The van der Waals surface area contributed by atoms with Gasteiger partial charge in [0.15, 0.2) is 11.5 Å². The first-order valence-electron chi connectivity index (χ1n) is 9.41. The van der Waals surface area contributed by atoms with Crippen molar-refractivity contribution >= 4 is 12.1 Å². The normalized spacial score (nSPS) is 10.8. The maximum Gasteiger partial charge on any atom is 0.289 e. The van der Waals surface area contributed by atoms with E-state index in [2.05, 4.69) is 20.7 Å². The first-order valence-corrected chi connectivity index (χ1v) is 9.41. The molecule has 0 fully saturated rings. The number of aromatic nitrogens is 2. The number of hydrogen-bond donors (Lipinski definition) is 2. The van der Waals surface area contributed by atoms with Gasteiger partial charge in [-0.25, -0.2) is 5.43 Å². The molecule has 8 nitrogen and oxygen atoms in total. The molecule has 156 valence electrons. The number of methoxy groups -OCH3 is 2. The van der Waals surface area contributed by atoms with Crippen molar-refractivity contribution in [3.63, 3.8) is 0 Å². The first-order chi connectivity index (χ1) is 14.6. The molecule has 0 bridgehead atoms. The standard InChI is InChI=1S/C22H24N4O4/c1-5-30-17-9-7-16(8-10-17)20-14(2)21(25-24-20)22(27)26-23-13-15-6-11-18(28-3)19(12-15)29-4/h6-13H,5H2,1-4H3,(H,24,25)(H,26,27). The lowest BCUT2D eigenvalue weighted by molar-refractivity contribution is 0.0949. The fourth-order valence-corrected chi connectivity index (χ4v) is 2.93. The maximum atomic E-state index is 12.5. The number of benzene rings is 2. The van der Waals surface area contributed by atoms with Crippen LogP contribution in [-0.4, -0.2) is 43.1 Å². The highest BCUT2D eigenvalue weighted by molar-refractivity contribution is 5.96. The Kier molecular flexibility index (Phi) is 6.69. The number of carbonyl (C=O) groups is 1. The molecule has 1 amide bonds. The lowest BCUT2D eigenvalue weighted by Gasteiger charge is -2.07. The molecule has 0 saturated heterocycles. The number of hydrazone groups is 1. The van der Waals surface area contributed by atoms with Gasteiger partial charge >= 0.3 is 0 Å². The van der Waals surface area contributed by atoms with E-state index in [1.54, 1.807) is 26.4 Å². The minimum absolute atomic E-state index is 0.350. The van der Waals surface area contributed by atoms with E-state index in [1.165, 1.54) is 6.21 Å². The second kappa shape index (κ2) is 9.60. The first kappa shape index (κ1) is 20.9. The molecular formula is C22H24N4O4. The third-order valence-corrected chi connectivity index (χ3v) is 4.46. The van der Waals surface area contributed by atoms with E-state index in [9.17, 15) is 4.79 Å². The quantitative estimate of drug-likeness (QED) is 0.439. The van der Waals surface area contributed by atoms with Crippen LogP contribution >= 0.6 is 0 Å². The van der Waals surface area contributed by atoms with Crippen molar-refractivity contribution in [3.8, 4) is 28.5 Å². The summed E-state index contributed by atoms with van der Waals surface area (Å²) in [6, 6.07) is 12.9. The Morgan fingerprint density at radius 3 is 2.53 bits per heavy atom. The van der Waals surface area contributed by atoms with Crippen LogP contribution in [0.3, 0.4) is 0 Å². The monoisotopic (exact) mass is 408 g/mol. The molecule has 0 atom stereocenters. The van der Waals surface area contributed by atoms with E-state index in [0.29, 0.717) is 29.5 Å². The van der Waals surface area contributed by atoms with Crippen molar-refractivity contribution in [1.82, 2.24) is 15.6 Å². The van der Waals surface area contributed by atoms with Gasteiger partial charge in [-0.05, 0) is 61.9 Å². The highest BCUT2D eigenvalue weighted by Gasteiger charge is 2.16. The molecule has 8 heteroatoms. The van der Waals surface area contributed by atoms with Gasteiger partial charge in [0.25, 0.3) is 5.91 Å². The van der Waals surface area contributed by atoms with Crippen LogP contribution in [0.1, 0.15) is 28.5 Å². The number of H-pyrrole nitrogens is 1. The maximum absolute atomic E-state index is 12.5. The van der Waals surface area contributed by atoms with Gasteiger partial charge in [-0.1, -0.05) is 0 Å². The van der Waals surface area contributed by atoms with Crippen molar-refractivity contribution in [2.45, 2.75) is 13.8 Å². The van der Waals surface area contributed by atoms with Crippen molar-refractivity contribution in [1.29, 1.82) is 0 Å². The summed E-state index contributed by atoms with van der Waals surface area (Å²) >= 11 is 0. The summed E-state index contributed by atoms with van der Waals surface area (Å²) in [6.07, 6.45) is 1.53. The summed E-state index contributed by atoms with van der Waals surface area (Å²) in [4.78, 5) is 12.5. The minimum atomic E-state index is -0.381. The Bertz CT molecular complexity index is 1040. The van der Waals surface area contributed by atoms with Gasteiger partial charge in [0.1, 0.15) is 11.4 Å². The molecule has 0 unspecified atom stereocenters. The molecule has 3 rings (SSSR count). The summed E-state index contributed by atoms with van der Waals surface area (Å²) in [5, 5.41) is 11.1. The van der Waals surface area contributed by atoms with Crippen LogP contribution in [0.25, 0.3) is 11.3 Å². The average molecular weight is 408 g/mol. The average Bonchev–Trinajstić information content (AvgIpc) is 3.15. The molecule has 0 saturated carbocycles. The third kappa shape index (κ3) is 4.60. The third-order valence-electron chi connectivity index (χ3n) is 4.46. The van der Waals surface area contributed by atoms with Gasteiger partial charge in [0, 0.05) is 11.1 Å². The molecule has 0 radical (unpaired) electrons. The molecule has 0 aliphatic rings. The number of aromatic amines is 1. The zero-order chi connectivity index (χ0) is 21.5. The smallest absolute Gasteiger partial charge is 0.289 e. The number of nitrogens with one attached hydrogen (secondary N) is 2. The topological polar surface area (TPSA) is 97.8 Å². The van der Waals surface area contributed by atoms with Gasteiger partial charge in [-0.3, -0.25) is 9.89 Å². The van der Waals surface area contributed by atoms with E-state index in [4.69, 9.17) is 14.2 Å². The van der Waals surface area contributed by atoms with Crippen LogP contribution in [0.5, 0.6) is 17.2 Å². The van der Waals surface area contributed by atoms with E-state index in [-0.39, 0.29) is 5.91 Å². The number of nitrogens with zero attached hydrogens (tertiary/aromatic N) is 2. The van der Waals surface area contributed by atoms with Crippen LogP contribution < -0.4 is 19.6 Å². The molecule has 0 aliphatic carbocycles. The number of carbonyl (C=O) groups excluding carboxylic acids is 1. The summed E-state index contributed by atoms with van der Waals surface area (Å²) in [7, 11) is 3.13. The van der Waals surface area contributed by atoms with E-state index >= 15 is 0 Å². The van der Waals surface area contributed by atoms with Gasteiger partial charge in [-0.15, -0.1) is 0 Å². The fourth-order valence-electron chi connectivity index (χ4n) is 2.93. The van der Waals surface area contributed by atoms with Gasteiger partial charge in [0.05, 0.1) is 32.7 Å². The summed E-state index contributed by atoms with van der Waals surface area (Å²) in [5.41, 5.74) is 5.94. The molecule has 0 spiro atoms. The van der Waals surface area contributed by atoms with Crippen LogP contribution in [-0.2, 0) is 0 Å². The SMILES string of the molecule is CCOc1ccc(-c2n[nH]c(C(=O)NN=Cc3ccc(OC)c(OC)c3)c2C)cc1. The molecule has 2 N–H and O–H groups in total. The molecule has 2 aromatic carbocycles. The van der Waals surface area contributed by atoms with Crippen molar-refractivity contribution in [2.75, 3.05) is 20.8 Å². The minimum Gasteiger partial charge on any atom is -0.494 e. The Hall–Kier alpha value is -3.81. The number of ether oxygens (including phenoxy) is 3. The van der Waals surface area contributed by atoms with Crippen molar-refractivity contribution in [2.24, 2.45) is 5.10 Å². The molecule has 0 aliphatic heterocycles. The lowest BCUT2D eigenvalue weighted by atomic mass is 10.1. The lowest BCUT2D eigenvalue weighted by Crippen LogP contribution is -2.19. The molecule has 3 aromatic rings. The highest BCUT2D eigenvalue weighted by atomic mass is 16.5. The van der Waals surface area contributed by atoms with E-state index in [0.717, 1.165) is 22.4 Å². The molecule has 30 heavy (non-hydrogen) atoms. The van der Waals surface area contributed by atoms with E-state index in [1.807, 2.05) is 44.2 Å². The zero-order valence-electron chi connectivity index (χ0n) is 17.4. The Labute approximate surface area is 174 Å². The van der Waals surface area contributed by atoms with E-state index < -0.39 is 0 Å².